The monoisotopic (exact) mass is 183 g/mol. The fourth-order valence-electron chi connectivity index (χ4n) is 1.09. The van der Waals surface area contributed by atoms with Gasteiger partial charge in [0.05, 0.1) is 5.56 Å². The highest BCUT2D eigenvalue weighted by molar-refractivity contribution is 5.89. The molecule has 0 spiro atoms. The van der Waals surface area contributed by atoms with E-state index in [2.05, 4.69) is 4.98 Å². The van der Waals surface area contributed by atoms with E-state index in [-0.39, 0.29) is 11.5 Å². The first-order chi connectivity index (χ1) is 6.02. The molecule has 0 amide bonds. The van der Waals surface area contributed by atoms with Crippen LogP contribution in [0.1, 0.15) is 35.7 Å². The molecule has 0 aromatic carbocycles. The van der Waals surface area contributed by atoms with Crippen LogP contribution in [-0.2, 0) is 0 Å². The summed E-state index contributed by atoms with van der Waals surface area (Å²) in [4.78, 5) is 14.1. The SMILES string of the molecule is CC(C)c1cnc(F)cc1C(=O)O. The van der Waals surface area contributed by atoms with Gasteiger partial charge in [0.1, 0.15) is 0 Å². The second-order valence-corrected chi connectivity index (χ2v) is 3.05. The molecule has 70 valence electrons. The number of rotatable bonds is 2. The van der Waals surface area contributed by atoms with Crippen LogP contribution in [0.2, 0.25) is 0 Å². The first-order valence-corrected chi connectivity index (χ1v) is 3.91. The van der Waals surface area contributed by atoms with E-state index in [4.69, 9.17) is 5.11 Å². The van der Waals surface area contributed by atoms with Gasteiger partial charge in [-0.25, -0.2) is 9.78 Å². The molecular formula is C9H10FNO2. The Balaban J connectivity index is 3.27. The van der Waals surface area contributed by atoms with E-state index < -0.39 is 11.9 Å². The summed E-state index contributed by atoms with van der Waals surface area (Å²) in [7, 11) is 0. The smallest absolute Gasteiger partial charge is 0.336 e. The van der Waals surface area contributed by atoms with Crippen LogP contribution >= 0.6 is 0 Å². The Morgan fingerprint density at radius 1 is 1.62 bits per heavy atom. The summed E-state index contributed by atoms with van der Waals surface area (Å²) in [5, 5.41) is 8.74. The number of halogens is 1. The molecule has 0 aliphatic heterocycles. The molecule has 0 saturated carbocycles. The van der Waals surface area contributed by atoms with Crippen molar-refractivity contribution in [2.45, 2.75) is 19.8 Å². The van der Waals surface area contributed by atoms with E-state index in [1.807, 2.05) is 13.8 Å². The molecule has 1 N–H and O–H groups in total. The maximum absolute atomic E-state index is 12.6. The maximum atomic E-state index is 12.6. The van der Waals surface area contributed by atoms with Crippen molar-refractivity contribution >= 4 is 5.97 Å². The number of nitrogens with zero attached hydrogens (tertiary/aromatic N) is 1. The number of hydrogen-bond acceptors (Lipinski definition) is 2. The van der Waals surface area contributed by atoms with Crippen LogP contribution in [0, 0.1) is 5.95 Å². The zero-order valence-corrected chi connectivity index (χ0v) is 7.41. The van der Waals surface area contributed by atoms with Crippen molar-refractivity contribution in [2.24, 2.45) is 0 Å². The molecule has 0 fully saturated rings. The Hall–Kier alpha value is -1.45. The van der Waals surface area contributed by atoms with Gasteiger partial charge in [0.15, 0.2) is 0 Å². The van der Waals surface area contributed by atoms with Gasteiger partial charge in [-0.15, -0.1) is 0 Å². The quantitative estimate of drug-likeness (QED) is 0.714. The summed E-state index contributed by atoms with van der Waals surface area (Å²) in [6.45, 7) is 3.67. The maximum Gasteiger partial charge on any atom is 0.336 e. The molecular weight excluding hydrogens is 173 g/mol. The van der Waals surface area contributed by atoms with E-state index in [0.29, 0.717) is 5.56 Å². The van der Waals surface area contributed by atoms with Crippen LogP contribution in [0.5, 0.6) is 0 Å². The van der Waals surface area contributed by atoms with Gasteiger partial charge < -0.3 is 5.11 Å². The Morgan fingerprint density at radius 3 is 2.69 bits per heavy atom. The minimum Gasteiger partial charge on any atom is -0.478 e. The zero-order valence-electron chi connectivity index (χ0n) is 7.41. The molecule has 0 aliphatic carbocycles. The van der Waals surface area contributed by atoms with Crippen LogP contribution in [0.4, 0.5) is 4.39 Å². The summed E-state index contributed by atoms with van der Waals surface area (Å²) in [5.41, 5.74) is 0.538. The Morgan fingerprint density at radius 2 is 2.23 bits per heavy atom. The molecule has 4 heteroatoms. The summed E-state index contributed by atoms with van der Waals surface area (Å²) in [6, 6.07) is 0.942. The fourth-order valence-corrected chi connectivity index (χ4v) is 1.09. The summed E-state index contributed by atoms with van der Waals surface area (Å²) in [6.07, 6.45) is 1.27. The van der Waals surface area contributed by atoms with Gasteiger partial charge >= 0.3 is 5.97 Å². The number of aromatic nitrogens is 1. The lowest BCUT2D eigenvalue weighted by molar-refractivity contribution is 0.0694. The van der Waals surface area contributed by atoms with Crippen LogP contribution in [0.15, 0.2) is 12.3 Å². The molecule has 1 aromatic rings. The largest absolute Gasteiger partial charge is 0.478 e. The van der Waals surface area contributed by atoms with Crippen molar-refractivity contribution in [2.75, 3.05) is 0 Å². The molecule has 0 radical (unpaired) electrons. The van der Waals surface area contributed by atoms with Gasteiger partial charge in [-0.3, -0.25) is 0 Å². The molecule has 0 atom stereocenters. The second kappa shape index (κ2) is 3.51. The number of carboxylic acids is 1. The molecule has 3 nitrogen and oxygen atoms in total. The number of pyridine rings is 1. The van der Waals surface area contributed by atoms with Gasteiger partial charge in [0, 0.05) is 12.3 Å². The predicted molar refractivity (Wildman–Crippen MR) is 45.2 cm³/mol. The van der Waals surface area contributed by atoms with E-state index in [9.17, 15) is 9.18 Å². The van der Waals surface area contributed by atoms with E-state index in [0.717, 1.165) is 6.07 Å². The van der Waals surface area contributed by atoms with E-state index in [1.54, 1.807) is 0 Å². The summed E-state index contributed by atoms with van der Waals surface area (Å²) in [5.74, 6) is -1.86. The van der Waals surface area contributed by atoms with Gasteiger partial charge in [0.25, 0.3) is 0 Å². The van der Waals surface area contributed by atoms with Crippen molar-refractivity contribution in [3.8, 4) is 0 Å². The number of hydrogen-bond donors (Lipinski definition) is 1. The molecule has 0 saturated heterocycles. The molecule has 0 bridgehead atoms. The highest BCUT2D eigenvalue weighted by atomic mass is 19.1. The lowest BCUT2D eigenvalue weighted by Gasteiger charge is -2.07. The third kappa shape index (κ3) is 2.02. The van der Waals surface area contributed by atoms with Crippen molar-refractivity contribution in [3.05, 3.63) is 29.3 Å². The third-order valence-electron chi connectivity index (χ3n) is 1.75. The zero-order chi connectivity index (χ0) is 10.0. The van der Waals surface area contributed by atoms with Crippen molar-refractivity contribution in [1.29, 1.82) is 0 Å². The third-order valence-corrected chi connectivity index (χ3v) is 1.75. The minimum atomic E-state index is -1.12. The Kier molecular flexibility index (Phi) is 2.60. The van der Waals surface area contributed by atoms with Gasteiger partial charge in [0.2, 0.25) is 5.95 Å². The lowest BCUT2D eigenvalue weighted by atomic mass is 10.00. The average Bonchev–Trinajstić information content (AvgIpc) is 2.03. The molecule has 13 heavy (non-hydrogen) atoms. The minimum absolute atomic E-state index is 0.0116. The second-order valence-electron chi connectivity index (χ2n) is 3.05. The van der Waals surface area contributed by atoms with E-state index >= 15 is 0 Å². The molecule has 0 aliphatic rings. The molecule has 1 rings (SSSR count). The van der Waals surface area contributed by atoms with Gasteiger partial charge in [-0.05, 0) is 11.5 Å². The van der Waals surface area contributed by atoms with E-state index in [1.165, 1.54) is 6.20 Å². The molecule has 1 aromatic heterocycles. The van der Waals surface area contributed by atoms with Crippen LogP contribution < -0.4 is 0 Å². The van der Waals surface area contributed by atoms with Crippen LogP contribution in [-0.4, -0.2) is 16.1 Å². The number of carboxylic acid groups (broad SMARTS) is 1. The van der Waals surface area contributed by atoms with Crippen molar-refractivity contribution in [3.63, 3.8) is 0 Å². The summed E-state index contributed by atoms with van der Waals surface area (Å²) < 4.78 is 12.6. The summed E-state index contributed by atoms with van der Waals surface area (Å²) >= 11 is 0. The van der Waals surface area contributed by atoms with Crippen molar-refractivity contribution < 1.29 is 14.3 Å². The van der Waals surface area contributed by atoms with Crippen molar-refractivity contribution in [1.82, 2.24) is 4.98 Å². The lowest BCUT2D eigenvalue weighted by Crippen LogP contribution is -2.05. The normalized spacial score (nSPS) is 10.5. The average molecular weight is 183 g/mol. The van der Waals surface area contributed by atoms with Crippen LogP contribution in [0.3, 0.4) is 0 Å². The number of aromatic carboxylic acids is 1. The van der Waals surface area contributed by atoms with Crippen LogP contribution in [0.25, 0.3) is 0 Å². The number of carbonyl (C=O) groups is 1. The fraction of sp³-hybridized carbons (Fsp3) is 0.333. The Bertz CT molecular complexity index is 336. The predicted octanol–water partition coefficient (Wildman–Crippen LogP) is 2.04. The first kappa shape index (κ1) is 9.64. The highest BCUT2D eigenvalue weighted by Gasteiger charge is 2.14. The topological polar surface area (TPSA) is 50.2 Å². The molecule has 0 unspecified atom stereocenters. The highest BCUT2D eigenvalue weighted by Crippen LogP contribution is 2.18. The first-order valence-electron chi connectivity index (χ1n) is 3.91. The molecule has 1 heterocycles. The van der Waals surface area contributed by atoms with Gasteiger partial charge in [-0.2, -0.15) is 4.39 Å². The standard InChI is InChI=1S/C9H10FNO2/c1-5(2)7-4-11-8(10)3-6(7)9(12)13/h3-5H,1-2H3,(H,12,13). The Labute approximate surface area is 75.2 Å². The van der Waals surface area contributed by atoms with Gasteiger partial charge in [-0.1, -0.05) is 13.8 Å².